The van der Waals surface area contributed by atoms with Crippen LogP contribution in [0.4, 0.5) is 0 Å². The fraction of sp³-hybridized carbons (Fsp3) is 0.364. The van der Waals surface area contributed by atoms with Crippen LogP contribution in [0.2, 0.25) is 0 Å². The van der Waals surface area contributed by atoms with E-state index in [2.05, 4.69) is 0 Å². The molecule has 1 aliphatic rings. The number of hydrogen-bond donors (Lipinski definition) is 2. The van der Waals surface area contributed by atoms with Gasteiger partial charge in [0.25, 0.3) is 0 Å². The van der Waals surface area contributed by atoms with Crippen LogP contribution in [0.1, 0.15) is 18.4 Å². The molecule has 0 aromatic heterocycles. The molecule has 80 valence electrons. The van der Waals surface area contributed by atoms with Crippen molar-refractivity contribution in [3.8, 4) is 0 Å². The third-order valence-corrected chi connectivity index (χ3v) is 2.68. The van der Waals surface area contributed by atoms with Crippen LogP contribution in [0.5, 0.6) is 0 Å². The summed E-state index contributed by atoms with van der Waals surface area (Å²) in [6, 6.07) is 8.61. The molecule has 4 nitrogen and oxygen atoms in total. The molecule has 15 heavy (non-hydrogen) atoms. The molecule has 1 saturated heterocycles. The zero-order chi connectivity index (χ0) is 11.1. The van der Waals surface area contributed by atoms with Crippen LogP contribution in [0.25, 0.3) is 0 Å². The molecule has 1 aromatic rings. The molecule has 0 bridgehead atoms. The molecule has 0 saturated carbocycles. The molecule has 2 rings (SSSR count). The van der Waals surface area contributed by atoms with Crippen molar-refractivity contribution in [1.29, 1.82) is 0 Å². The number of hydrogen-bond acceptors (Lipinski definition) is 4. The third kappa shape index (κ3) is 1.52. The maximum absolute atomic E-state index is 11.5. The van der Waals surface area contributed by atoms with E-state index in [0.717, 1.165) is 0 Å². The summed E-state index contributed by atoms with van der Waals surface area (Å²) in [5, 5.41) is 19.5. The van der Waals surface area contributed by atoms with Crippen LogP contribution in [-0.2, 0) is 9.53 Å². The monoisotopic (exact) mass is 208 g/mol. The van der Waals surface area contributed by atoms with Gasteiger partial charge in [0.2, 0.25) is 5.79 Å². The van der Waals surface area contributed by atoms with Crippen molar-refractivity contribution < 1.29 is 19.7 Å². The molecule has 1 aliphatic heterocycles. The number of cyclic esters (lactones) is 1. The molecule has 1 aromatic carbocycles. The van der Waals surface area contributed by atoms with Gasteiger partial charge in [0.1, 0.15) is 5.92 Å². The maximum Gasteiger partial charge on any atom is 0.319 e. The lowest BCUT2D eigenvalue weighted by Crippen LogP contribution is -2.41. The fourth-order valence-electron chi connectivity index (χ4n) is 1.76. The molecule has 1 heterocycles. The molecule has 2 atom stereocenters. The van der Waals surface area contributed by atoms with Crippen LogP contribution in [0.15, 0.2) is 30.3 Å². The van der Waals surface area contributed by atoms with Gasteiger partial charge in [-0.15, -0.1) is 0 Å². The predicted molar refractivity (Wildman–Crippen MR) is 51.9 cm³/mol. The Labute approximate surface area is 87.1 Å². The maximum atomic E-state index is 11.5. The molecule has 0 amide bonds. The Hall–Kier alpha value is -1.39. The number of benzene rings is 1. The molecule has 0 radical (unpaired) electrons. The number of carbonyl (C=O) groups is 1. The van der Waals surface area contributed by atoms with Crippen molar-refractivity contribution >= 4 is 5.97 Å². The fourth-order valence-corrected chi connectivity index (χ4v) is 1.76. The molecular formula is C11H12O4. The third-order valence-electron chi connectivity index (χ3n) is 2.68. The number of ether oxygens (including phenoxy) is 1. The van der Waals surface area contributed by atoms with E-state index >= 15 is 0 Å². The summed E-state index contributed by atoms with van der Waals surface area (Å²) >= 11 is 0. The van der Waals surface area contributed by atoms with E-state index in [4.69, 9.17) is 4.74 Å². The van der Waals surface area contributed by atoms with Gasteiger partial charge in [-0.2, -0.15) is 0 Å². The van der Waals surface area contributed by atoms with Gasteiger partial charge in [-0.05, 0) is 12.5 Å². The van der Waals surface area contributed by atoms with E-state index in [1.54, 1.807) is 30.3 Å². The predicted octanol–water partition coefficient (Wildman–Crippen LogP) is 0.396. The second kappa shape index (κ2) is 3.32. The van der Waals surface area contributed by atoms with Gasteiger partial charge in [0.15, 0.2) is 6.10 Å². The van der Waals surface area contributed by atoms with Crippen LogP contribution >= 0.6 is 0 Å². The highest BCUT2D eigenvalue weighted by Crippen LogP contribution is 2.37. The lowest BCUT2D eigenvalue weighted by molar-refractivity contribution is -0.196. The first kappa shape index (κ1) is 10.1. The largest absolute Gasteiger partial charge is 0.456 e. The summed E-state index contributed by atoms with van der Waals surface area (Å²) in [4.78, 5) is 11.5. The zero-order valence-corrected chi connectivity index (χ0v) is 8.25. The Balaban J connectivity index is 2.41. The van der Waals surface area contributed by atoms with E-state index in [1.807, 2.05) is 0 Å². The van der Waals surface area contributed by atoms with E-state index in [9.17, 15) is 15.0 Å². The molecule has 0 aliphatic carbocycles. The number of aliphatic hydroxyl groups is 2. The molecule has 0 spiro atoms. The average Bonchev–Trinajstić information content (AvgIpc) is 2.37. The van der Waals surface area contributed by atoms with Crippen LogP contribution in [-0.4, -0.2) is 28.1 Å². The highest BCUT2D eigenvalue weighted by Gasteiger charge is 2.54. The zero-order valence-electron chi connectivity index (χ0n) is 8.25. The van der Waals surface area contributed by atoms with E-state index in [-0.39, 0.29) is 0 Å². The van der Waals surface area contributed by atoms with Crippen LogP contribution in [0.3, 0.4) is 0 Å². The minimum atomic E-state index is -2.13. The van der Waals surface area contributed by atoms with E-state index < -0.39 is 23.8 Å². The van der Waals surface area contributed by atoms with Gasteiger partial charge in [-0.1, -0.05) is 30.3 Å². The molecule has 4 heteroatoms. The summed E-state index contributed by atoms with van der Waals surface area (Å²) in [6.45, 7) is 1.46. The number of esters is 1. The van der Waals surface area contributed by atoms with Gasteiger partial charge >= 0.3 is 5.97 Å². The van der Waals surface area contributed by atoms with Crippen molar-refractivity contribution in [1.82, 2.24) is 0 Å². The summed E-state index contributed by atoms with van der Waals surface area (Å²) < 4.78 is 4.80. The van der Waals surface area contributed by atoms with Gasteiger partial charge in [-0.25, -0.2) is 0 Å². The Kier molecular flexibility index (Phi) is 2.25. The van der Waals surface area contributed by atoms with Gasteiger partial charge in [-0.3, -0.25) is 4.79 Å². The Morgan fingerprint density at radius 2 is 1.87 bits per heavy atom. The van der Waals surface area contributed by atoms with Crippen molar-refractivity contribution in [3.63, 3.8) is 0 Å². The van der Waals surface area contributed by atoms with Crippen LogP contribution < -0.4 is 0 Å². The summed E-state index contributed by atoms with van der Waals surface area (Å²) in [7, 11) is 0. The first-order valence-corrected chi connectivity index (χ1v) is 4.73. The average molecular weight is 208 g/mol. The summed E-state index contributed by atoms with van der Waals surface area (Å²) in [5.41, 5.74) is 0.553. The van der Waals surface area contributed by atoms with E-state index in [1.165, 1.54) is 6.92 Å². The molecule has 2 N–H and O–H groups in total. The normalized spacial score (nSPS) is 28.9. The van der Waals surface area contributed by atoms with Crippen LogP contribution in [0, 0.1) is 0 Å². The number of rotatable bonds is 1. The van der Waals surface area contributed by atoms with E-state index in [0.29, 0.717) is 5.56 Å². The first-order valence-electron chi connectivity index (χ1n) is 4.73. The molecule has 2 unspecified atom stereocenters. The first-order chi connectivity index (χ1) is 7.03. The van der Waals surface area contributed by atoms with Gasteiger partial charge in [0, 0.05) is 0 Å². The second-order valence-corrected chi connectivity index (χ2v) is 3.71. The smallest absolute Gasteiger partial charge is 0.319 e. The lowest BCUT2D eigenvalue weighted by Gasteiger charge is -2.23. The minimum Gasteiger partial charge on any atom is -0.456 e. The molecule has 1 fully saturated rings. The van der Waals surface area contributed by atoms with Gasteiger partial charge in [0.05, 0.1) is 0 Å². The minimum absolute atomic E-state index is 0.553. The van der Waals surface area contributed by atoms with Crippen molar-refractivity contribution in [2.75, 3.05) is 0 Å². The van der Waals surface area contributed by atoms with Crippen molar-refractivity contribution in [2.45, 2.75) is 24.7 Å². The standard InChI is InChI=1S/C11H12O4/c1-7-11(13,14)9(10(12)15-7)8-5-3-2-4-6-8/h2-7,9,13-14H,1H3. The van der Waals surface area contributed by atoms with Crippen molar-refractivity contribution in [2.24, 2.45) is 0 Å². The Morgan fingerprint density at radius 1 is 1.27 bits per heavy atom. The number of carbonyl (C=O) groups excluding carboxylic acids is 1. The van der Waals surface area contributed by atoms with Gasteiger partial charge < -0.3 is 14.9 Å². The quantitative estimate of drug-likeness (QED) is 0.517. The highest BCUT2D eigenvalue weighted by molar-refractivity contribution is 5.82. The highest BCUT2D eigenvalue weighted by atomic mass is 16.6. The second-order valence-electron chi connectivity index (χ2n) is 3.71. The topological polar surface area (TPSA) is 66.8 Å². The SMILES string of the molecule is CC1OC(=O)C(c2ccccc2)C1(O)O. The Bertz CT molecular complexity index is 371. The summed E-state index contributed by atoms with van der Waals surface area (Å²) in [6.07, 6.45) is -0.907. The summed E-state index contributed by atoms with van der Waals surface area (Å²) in [5.74, 6) is -3.74. The Morgan fingerprint density at radius 3 is 2.33 bits per heavy atom. The van der Waals surface area contributed by atoms with Crippen molar-refractivity contribution in [3.05, 3.63) is 35.9 Å². The molecular weight excluding hydrogens is 196 g/mol. The lowest BCUT2D eigenvalue weighted by atomic mass is 9.90.